The second-order valence-electron chi connectivity index (χ2n) is 4.45. The molecule has 0 atom stereocenters. The molecule has 3 nitrogen and oxygen atoms in total. The first kappa shape index (κ1) is 19.2. The quantitative estimate of drug-likeness (QED) is 0.544. The minimum absolute atomic E-state index is 0. The van der Waals surface area contributed by atoms with Crippen LogP contribution < -0.4 is 0 Å². The summed E-state index contributed by atoms with van der Waals surface area (Å²) < 4.78 is 4.63. The Kier molecular flexibility index (Phi) is 10.5. The summed E-state index contributed by atoms with van der Waals surface area (Å²) in [6.07, 6.45) is 1.16. The van der Waals surface area contributed by atoms with Crippen LogP contribution in [0, 0.1) is 0 Å². The fourth-order valence-electron chi connectivity index (χ4n) is 1.89. The highest BCUT2D eigenvalue weighted by Crippen LogP contribution is 2.09. The zero-order chi connectivity index (χ0) is 14.1. The Labute approximate surface area is 132 Å². The third-order valence-electron chi connectivity index (χ3n) is 3.12. The van der Waals surface area contributed by atoms with E-state index in [1.54, 1.807) is 0 Å². The summed E-state index contributed by atoms with van der Waals surface area (Å²) in [5, 5.41) is 0. The van der Waals surface area contributed by atoms with Crippen LogP contribution in [0.2, 0.25) is 0 Å². The number of hydrogen-bond donors (Lipinski definition) is 0. The molecule has 20 heavy (non-hydrogen) atoms. The average molecular weight is 320 g/mol. The molecule has 1 aromatic carbocycles. The maximum Gasteiger partial charge on any atom is 0.305 e. The zero-order valence-corrected chi connectivity index (χ0v) is 13.7. The summed E-state index contributed by atoms with van der Waals surface area (Å²) in [6.45, 7) is 4.96. The molecule has 0 aromatic heterocycles. The van der Waals surface area contributed by atoms with E-state index < -0.39 is 0 Å². The fraction of sp³-hybridized carbons (Fsp3) is 0.533. The number of aryl methyl sites for hydroxylation is 1. The van der Waals surface area contributed by atoms with Gasteiger partial charge >= 0.3 is 5.97 Å². The van der Waals surface area contributed by atoms with Crippen LogP contribution in [0.1, 0.15) is 24.5 Å². The first-order valence-electron chi connectivity index (χ1n) is 6.62. The highest BCUT2D eigenvalue weighted by molar-refractivity contribution is 6.18. The second kappa shape index (κ2) is 11.0. The van der Waals surface area contributed by atoms with Gasteiger partial charge in [-0.25, -0.2) is 0 Å². The first-order chi connectivity index (χ1) is 9.19. The van der Waals surface area contributed by atoms with Gasteiger partial charge in [0.2, 0.25) is 0 Å². The van der Waals surface area contributed by atoms with E-state index in [0.717, 1.165) is 31.6 Å². The highest BCUT2D eigenvalue weighted by Gasteiger charge is 2.04. The van der Waals surface area contributed by atoms with Crippen LogP contribution in [0.3, 0.4) is 0 Å². The minimum Gasteiger partial charge on any atom is -0.469 e. The summed E-state index contributed by atoms with van der Waals surface area (Å²) in [5.74, 6) is 0.494. The normalized spacial score (nSPS) is 10.2. The van der Waals surface area contributed by atoms with Gasteiger partial charge in [0, 0.05) is 25.4 Å². The lowest BCUT2D eigenvalue weighted by Crippen LogP contribution is -2.24. The predicted octanol–water partition coefficient (Wildman–Crippen LogP) is 3.27. The molecule has 0 radical (unpaired) electrons. The molecule has 0 N–H and O–H groups in total. The lowest BCUT2D eigenvalue weighted by atomic mass is 10.1. The van der Waals surface area contributed by atoms with Crippen molar-refractivity contribution in [3.8, 4) is 0 Å². The van der Waals surface area contributed by atoms with E-state index in [9.17, 15) is 4.79 Å². The van der Waals surface area contributed by atoms with Crippen LogP contribution in [-0.4, -0.2) is 36.9 Å². The summed E-state index contributed by atoms with van der Waals surface area (Å²) in [4.78, 5) is 13.4. The third kappa shape index (κ3) is 7.13. The van der Waals surface area contributed by atoms with Crippen molar-refractivity contribution in [3.63, 3.8) is 0 Å². The van der Waals surface area contributed by atoms with Crippen LogP contribution >= 0.6 is 24.0 Å². The van der Waals surface area contributed by atoms with Gasteiger partial charge in [0.05, 0.1) is 7.11 Å². The molecule has 0 aliphatic rings. The average Bonchev–Trinajstić information content (AvgIpc) is 2.45. The maximum atomic E-state index is 11.1. The Morgan fingerprint density at radius 1 is 1.25 bits per heavy atom. The van der Waals surface area contributed by atoms with Crippen molar-refractivity contribution in [2.45, 2.75) is 26.3 Å². The van der Waals surface area contributed by atoms with Gasteiger partial charge in [-0.05, 0) is 24.1 Å². The van der Waals surface area contributed by atoms with E-state index in [-0.39, 0.29) is 18.4 Å². The van der Waals surface area contributed by atoms with Crippen LogP contribution in [0.15, 0.2) is 24.3 Å². The molecule has 0 aliphatic heterocycles. The molecule has 1 rings (SSSR count). The smallest absolute Gasteiger partial charge is 0.305 e. The lowest BCUT2D eigenvalue weighted by molar-refractivity contribution is -0.140. The number of alkyl halides is 1. The number of rotatable bonds is 8. The number of hydrogen-bond acceptors (Lipinski definition) is 3. The van der Waals surface area contributed by atoms with Gasteiger partial charge in [-0.3, -0.25) is 9.69 Å². The van der Waals surface area contributed by atoms with Crippen LogP contribution in [0.5, 0.6) is 0 Å². The number of carbonyl (C=O) groups is 1. The van der Waals surface area contributed by atoms with Gasteiger partial charge < -0.3 is 4.74 Å². The van der Waals surface area contributed by atoms with E-state index in [4.69, 9.17) is 11.6 Å². The van der Waals surface area contributed by atoms with Crippen molar-refractivity contribution in [2.75, 3.05) is 26.1 Å². The lowest BCUT2D eigenvalue weighted by Gasteiger charge is -2.19. The molecule has 0 saturated heterocycles. The van der Waals surface area contributed by atoms with E-state index in [0.29, 0.717) is 12.3 Å². The molecule has 0 spiro atoms. The molecule has 1 aromatic rings. The Balaban J connectivity index is 0.00000361. The molecule has 0 amide bonds. The number of methoxy groups -OCH3 is 1. The summed E-state index contributed by atoms with van der Waals surface area (Å²) in [7, 11) is 1.42. The van der Waals surface area contributed by atoms with E-state index in [2.05, 4.69) is 40.8 Å². The van der Waals surface area contributed by atoms with Crippen LogP contribution in [0.25, 0.3) is 0 Å². The fourth-order valence-corrected chi connectivity index (χ4v) is 2.13. The number of esters is 1. The Morgan fingerprint density at radius 2 is 1.85 bits per heavy atom. The zero-order valence-electron chi connectivity index (χ0n) is 12.1. The predicted molar refractivity (Wildman–Crippen MR) is 85.7 cm³/mol. The Hall–Kier alpha value is -0.770. The van der Waals surface area contributed by atoms with E-state index in [1.165, 1.54) is 12.7 Å². The van der Waals surface area contributed by atoms with Crippen molar-refractivity contribution in [3.05, 3.63) is 35.4 Å². The second-order valence-corrected chi connectivity index (χ2v) is 4.83. The molecule has 0 unspecified atom stereocenters. The number of halogens is 2. The van der Waals surface area contributed by atoms with Crippen molar-refractivity contribution in [2.24, 2.45) is 0 Å². The molecular weight excluding hydrogens is 297 g/mol. The largest absolute Gasteiger partial charge is 0.469 e. The van der Waals surface area contributed by atoms with Crippen LogP contribution in [0.4, 0.5) is 0 Å². The Bertz CT molecular complexity index is 382. The standard InChI is InChI=1S/C15H22ClNO2.ClH/c1-3-17(11-10-16)12-14-6-4-13(5-7-14)8-9-15(18)19-2;/h4-7H,3,8-12H2,1-2H3;1H. The van der Waals surface area contributed by atoms with Gasteiger partial charge in [0.15, 0.2) is 0 Å². The van der Waals surface area contributed by atoms with Crippen molar-refractivity contribution in [1.82, 2.24) is 4.90 Å². The molecule has 0 heterocycles. The topological polar surface area (TPSA) is 29.5 Å². The van der Waals surface area contributed by atoms with E-state index >= 15 is 0 Å². The van der Waals surface area contributed by atoms with Gasteiger partial charge in [-0.2, -0.15) is 0 Å². The SMILES string of the molecule is CCN(CCCl)Cc1ccc(CCC(=O)OC)cc1.Cl. The summed E-state index contributed by atoms with van der Waals surface area (Å²) >= 11 is 5.77. The molecule has 0 saturated carbocycles. The minimum atomic E-state index is -0.164. The van der Waals surface area contributed by atoms with E-state index in [1.807, 2.05) is 0 Å². The van der Waals surface area contributed by atoms with Crippen LogP contribution in [-0.2, 0) is 22.5 Å². The van der Waals surface area contributed by atoms with Crippen molar-refractivity contribution in [1.29, 1.82) is 0 Å². The highest BCUT2D eigenvalue weighted by atomic mass is 35.5. The monoisotopic (exact) mass is 319 g/mol. The molecule has 0 aliphatic carbocycles. The first-order valence-corrected chi connectivity index (χ1v) is 7.16. The Morgan fingerprint density at radius 3 is 2.35 bits per heavy atom. The number of ether oxygens (including phenoxy) is 1. The summed E-state index contributed by atoms with van der Waals surface area (Å²) in [6, 6.07) is 8.38. The number of carbonyl (C=O) groups excluding carboxylic acids is 1. The molecule has 0 fully saturated rings. The number of nitrogens with zero attached hydrogens (tertiary/aromatic N) is 1. The van der Waals surface area contributed by atoms with Gasteiger partial charge in [-0.1, -0.05) is 31.2 Å². The molecule has 114 valence electrons. The molecular formula is C15H23Cl2NO2. The maximum absolute atomic E-state index is 11.1. The molecule has 0 bridgehead atoms. The molecule has 5 heteroatoms. The number of benzene rings is 1. The van der Waals surface area contributed by atoms with Gasteiger partial charge in [-0.15, -0.1) is 24.0 Å². The van der Waals surface area contributed by atoms with Gasteiger partial charge in [0.25, 0.3) is 0 Å². The summed E-state index contributed by atoms with van der Waals surface area (Å²) in [5.41, 5.74) is 2.43. The van der Waals surface area contributed by atoms with Gasteiger partial charge in [0.1, 0.15) is 0 Å². The van der Waals surface area contributed by atoms with Crippen molar-refractivity contribution >= 4 is 30.0 Å². The van der Waals surface area contributed by atoms with Crippen molar-refractivity contribution < 1.29 is 9.53 Å². The third-order valence-corrected chi connectivity index (χ3v) is 3.29.